The number of carbonyl (C=O) groups excluding carboxylic acids is 1. The normalized spacial score (nSPS) is 20.7. The van der Waals surface area contributed by atoms with Gasteiger partial charge in [-0.25, -0.2) is 4.79 Å². The topological polar surface area (TPSA) is 105 Å². The minimum absolute atomic E-state index is 0.204. The van der Waals surface area contributed by atoms with E-state index in [4.69, 9.17) is 5.73 Å². The highest BCUT2D eigenvalue weighted by Crippen LogP contribution is 2.16. The van der Waals surface area contributed by atoms with Gasteiger partial charge < -0.3 is 15.8 Å². The summed E-state index contributed by atoms with van der Waals surface area (Å²) in [6.45, 7) is 1.51. The quantitative estimate of drug-likeness (QED) is 0.650. The van der Waals surface area contributed by atoms with Gasteiger partial charge in [-0.15, -0.1) is 0 Å². The van der Waals surface area contributed by atoms with Gasteiger partial charge in [0.15, 0.2) is 0 Å². The zero-order valence-electron chi connectivity index (χ0n) is 11.3. The maximum Gasteiger partial charge on any atom is 0.407 e. The molecule has 112 valence electrons. The van der Waals surface area contributed by atoms with Crippen LogP contribution in [0.15, 0.2) is 0 Å². The molecule has 9 heteroatoms. The van der Waals surface area contributed by atoms with Crippen molar-refractivity contribution in [3.63, 3.8) is 0 Å². The lowest BCUT2D eigenvalue weighted by Crippen LogP contribution is -2.43. The number of methoxy groups -OCH3 is 1. The molecule has 1 heterocycles. The van der Waals surface area contributed by atoms with E-state index in [0.717, 1.165) is 0 Å². The highest BCUT2D eigenvalue weighted by atomic mass is 32.2. The van der Waals surface area contributed by atoms with Crippen molar-refractivity contribution < 1.29 is 17.9 Å². The van der Waals surface area contributed by atoms with Gasteiger partial charge in [-0.05, 0) is 19.4 Å². The lowest BCUT2D eigenvalue weighted by molar-refractivity contribution is 0.167. The van der Waals surface area contributed by atoms with Crippen molar-refractivity contribution in [3.8, 4) is 0 Å². The largest absolute Gasteiger partial charge is 0.453 e. The number of nitrogens with zero attached hydrogens (tertiary/aromatic N) is 2. The Kier molecular flexibility index (Phi) is 5.98. The predicted molar refractivity (Wildman–Crippen MR) is 70.7 cm³/mol. The Morgan fingerprint density at radius 1 is 1.58 bits per heavy atom. The fraction of sp³-hybridized carbons (Fsp3) is 0.900. The summed E-state index contributed by atoms with van der Waals surface area (Å²) in [5.74, 6) is 0. The first-order valence-electron chi connectivity index (χ1n) is 6.17. The van der Waals surface area contributed by atoms with E-state index in [2.05, 4.69) is 10.1 Å². The van der Waals surface area contributed by atoms with Gasteiger partial charge in [0.2, 0.25) is 0 Å². The molecule has 1 rings (SSSR count). The van der Waals surface area contributed by atoms with Crippen LogP contribution in [-0.4, -0.2) is 69.5 Å². The van der Waals surface area contributed by atoms with Crippen LogP contribution < -0.4 is 11.1 Å². The van der Waals surface area contributed by atoms with E-state index in [1.807, 2.05) is 0 Å². The molecule has 1 saturated heterocycles. The molecule has 0 aromatic rings. The highest BCUT2D eigenvalue weighted by Gasteiger charge is 2.34. The Morgan fingerprint density at radius 2 is 2.26 bits per heavy atom. The molecule has 0 bridgehead atoms. The number of carbonyl (C=O) groups is 1. The summed E-state index contributed by atoms with van der Waals surface area (Å²) >= 11 is 0. The van der Waals surface area contributed by atoms with Gasteiger partial charge in [-0.1, -0.05) is 0 Å². The molecule has 0 radical (unpaired) electrons. The number of nitrogens with one attached hydrogen (secondary N) is 1. The van der Waals surface area contributed by atoms with Gasteiger partial charge in [0.05, 0.1) is 7.11 Å². The fourth-order valence-corrected chi connectivity index (χ4v) is 3.37. The average molecular weight is 294 g/mol. The first kappa shape index (κ1) is 16.2. The van der Waals surface area contributed by atoms with E-state index in [9.17, 15) is 13.2 Å². The Balaban J connectivity index is 2.55. The molecule has 8 nitrogen and oxygen atoms in total. The average Bonchev–Trinajstić information content (AvgIpc) is 2.84. The van der Waals surface area contributed by atoms with E-state index in [-0.39, 0.29) is 12.6 Å². The molecule has 3 N–H and O–H groups in total. The number of amides is 1. The molecule has 1 amide bonds. The molecule has 1 aliphatic rings. The summed E-state index contributed by atoms with van der Waals surface area (Å²) < 4.78 is 31.6. The standard InChI is InChI=1S/C10H22N4O4S/c1-13(6-3-5-11)19(16,17)14-7-4-9(8-14)12-10(15)18-2/h9H,3-8,11H2,1-2H3,(H,12,15). The first-order valence-corrected chi connectivity index (χ1v) is 7.57. The van der Waals surface area contributed by atoms with Crippen LogP contribution in [0.4, 0.5) is 4.79 Å². The Labute approximate surface area is 114 Å². The van der Waals surface area contributed by atoms with Gasteiger partial charge in [0.1, 0.15) is 0 Å². The molecule has 1 aliphatic heterocycles. The third-order valence-electron chi connectivity index (χ3n) is 3.06. The van der Waals surface area contributed by atoms with Crippen molar-refractivity contribution in [1.29, 1.82) is 0 Å². The van der Waals surface area contributed by atoms with Crippen LogP contribution in [-0.2, 0) is 14.9 Å². The van der Waals surface area contributed by atoms with Crippen molar-refractivity contribution in [2.24, 2.45) is 5.73 Å². The van der Waals surface area contributed by atoms with Crippen molar-refractivity contribution in [1.82, 2.24) is 13.9 Å². The minimum atomic E-state index is -3.47. The van der Waals surface area contributed by atoms with Crippen LogP contribution in [0, 0.1) is 0 Å². The zero-order valence-corrected chi connectivity index (χ0v) is 12.1. The molecule has 0 aliphatic carbocycles. The summed E-state index contributed by atoms with van der Waals surface area (Å²) in [4.78, 5) is 11.1. The van der Waals surface area contributed by atoms with E-state index in [1.165, 1.54) is 22.8 Å². The zero-order chi connectivity index (χ0) is 14.5. The molecule has 1 unspecified atom stereocenters. The molecule has 0 saturated carbocycles. The summed E-state index contributed by atoms with van der Waals surface area (Å²) in [6.07, 6.45) is 0.660. The molecule has 0 spiro atoms. The molecule has 19 heavy (non-hydrogen) atoms. The smallest absolute Gasteiger partial charge is 0.407 e. The molecule has 1 fully saturated rings. The summed E-state index contributed by atoms with van der Waals surface area (Å²) in [7, 11) is -0.656. The van der Waals surface area contributed by atoms with E-state index in [0.29, 0.717) is 32.5 Å². The Bertz CT molecular complexity index is 400. The second kappa shape index (κ2) is 7.04. The van der Waals surface area contributed by atoms with Gasteiger partial charge in [0, 0.05) is 32.7 Å². The van der Waals surface area contributed by atoms with Crippen molar-refractivity contribution in [2.75, 3.05) is 40.3 Å². The van der Waals surface area contributed by atoms with Gasteiger partial charge >= 0.3 is 6.09 Å². The summed E-state index contributed by atoms with van der Waals surface area (Å²) in [5.41, 5.74) is 5.37. The lowest BCUT2D eigenvalue weighted by atomic mass is 10.3. The summed E-state index contributed by atoms with van der Waals surface area (Å²) in [5, 5.41) is 2.61. The number of hydrogen-bond donors (Lipinski definition) is 2. The molecular formula is C10H22N4O4S. The maximum atomic E-state index is 12.2. The van der Waals surface area contributed by atoms with E-state index >= 15 is 0 Å². The Hall–Kier alpha value is -0.900. The van der Waals surface area contributed by atoms with Crippen molar-refractivity contribution in [2.45, 2.75) is 18.9 Å². The fourth-order valence-electron chi connectivity index (χ4n) is 1.91. The van der Waals surface area contributed by atoms with Crippen LogP contribution >= 0.6 is 0 Å². The first-order chi connectivity index (χ1) is 8.91. The maximum absolute atomic E-state index is 12.2. The predicted octanol–water partition coefficient (Wildman–Crippen LogP) is -1.06. The van der Waals surface area contributed by atoms with E-state index < -0.39 is 16.3 Å². The van der Waals surface area contributed by atoms with E-state index in [1.54, 1.807) is 0 Å². The van der Waals surface area contributed by atoms with Crippen LogP contribution in [0.5, 0.6) is 0 Å². The van der Waals surface area contributed by atoms with Gasteiger partial charge in [-0.3, -0.25) is 0 Å². The van der Waals surface area contributed by atoms with Gasteiger partial charge in [-0.2, -0.15) is 17.0 Å². The van der Waals surface area contributed by atoms with Crippen LogP contribution in [0.2, 0.25) is 0 Å². The number of alkyl carbamates (subject to hydrolysis) is 1. The van der Waals surface area contributed by atoms with Crippen LogP contribution in [0.1, 0.15) is 12.8 Å². The van der Waals surface area contributed by atoms with Crippen LogP contribution in [0.25, 0.3) is 0 Å². The van der Waals surface area contributed by atoms with Crippen molar-refractivity contribution >= 4 is 16.3 Å². The number of nitrogens with two attached hydrogens (primary N) is 1. The molecule has 0 aromatic heterocycles. The third-order valence-corrected chi connectivity index (χ3v) is 5.01. The third kappa shape index (κ3) is 4.30. The highest BCUT2D eigenvalue weighted by molar-refractivity contribution is 7.86. The lowest BCUT2D eigenvalue weighted by Gasteiger charge is -2.24. The molecular weight excluding hydrogens is 272 g/mol. The van der Waals surface area contributed by atoms with Crippen molar-refractivity contribution in [3.05, 3.63) is 0 Å². The minimum Gasteiger partial charge on any atom is -0.453 e. The molecule has 1 atom stereocenters. The monoisotopic (exact) mass is 294 g/mol. The number of ether oxygens (including phenoxy) is 1. The van der Waals surface area contributed by atoms with Crippen LogP contribution in [0.3, 0.4) is 0 Å². The van der Waals surface area contributed by atoms with Gasteiger partial charge in [0.25, 0.3) is 10.2 Å². The summed E-state index contributed by atoms with van der Waals surface area (Å²) in [6, 6.07) is -0.204. The number of rotatable bonds is 6. The second-order valence-electron chi connectivity index (χ2n) is 4.45. The molecule has 0 aromatic carbocycles. The second-order valence-corrected chi connectivity index (χ2v) is 6.49. The Morgan fingerprint density at radius 3 is 2.84 bits per heavy atom. The number of hydrogen-bond acceptors (Lipinski definition) is 5. The SMILES string of the molecule is COC(=O)NC1CCN(S(=O)(=O)N(C)CCCN)C1.